The van der Waals surface area contributed by atoms with Gasteiger partial charge in [0.05, 0.1) is 19.4 Å². The van der Waals surface area contributed by atoms with Crippen molar-refractivity contribution in [3.63, 3.8) is 0 Å². The molecule has 0 unspecified atom stereocenters. The number of H-pyrrole nitrogens is 1. The molecule has 3 N–H and O–H groups in total. The van der Waals surface area contributed by atoms with Gasteiger partial charge in [-0.05, 0) is 12.1 Å². The molecule has 3 rings (SSSR count). The van der Waals surface area contributed by atoms with E-state index in [1.807, 2.05) is 12.1 Å². The number of nitrogens with zero attached hydrogens (tertiary/aromatic N) is 1. The van der Waals surface area contributed by atoms with Crippen LogP contribution in [0.3, 0.4) is 0 Å². The topological polar surface area (TPSA) is 73.2 Å². The lowest BCUT2D eigenvalue weighted by molar-refractivity contribution is 0.140. The Labute approximate surface area is 125 Å². The number of benzene rings is 1. The molecule has 1 aliphatic rings. The molecule has 0 aliphatic carbocycles. The van der Waals surface area contributed by atoms with Crippen LogP contribution >= 0.6 is 15.9 Å². The first kappa shape index (κ1) is 13.3. The van der Waals surface area contributed by atoms with Gasteiger partial charge in [0.2, 0.25) is 0 Å². The van der Waals surface area contributed by atoms with E-state index in [4.69, 9.17) is 15.2 Å². The molecule has 6 heteroatoms. The summed E-state index contributed by atoms with van der Waals surface area (Å²) in [5.74, 6) is 2.00. The predicted molar refractivity (Wildman–Crippen MR) is 80.9 cm³/mol. The summed E-state index contributed by atoms with van der Waals surface area (Å²) in [6, 6.07) is 3.85. The molecule has 0 amide bonds. The average molecular weight is 338 g/mol. The Morgan fingerprint density at radius 2 is 1.85 bits per heavy atom. The number of nitrogen functional groups attached to an aromatic ring is 1. The first-order valence-corrected chi connectivity index (χ1v) is 7.14. The van der Waals surface area contributed by atoms with Crippen LogP contribution in [0.2, 0.25) is 0 Å². The number of hydrogen-bond acceptors (Lipinski definition) is 4. The number of nitrogens with two attached hydrogens (primary N) is 1. The van der Waals surface area contributed by atoms with Gasteiger partial charge < -0.3 is 15.2 Å². The molecular weight excluding hydrogens is 322 g/mol. The Morgan fingerprint density at radius 1 is 1.20 bits per heavy atom. The molecule has 1 aromatic heterocycles. The minimum absolute atomic E-state index is 0.0136. The van der Waals surface area contributed by atoms with Crippen molar-refractivity contribution in [3.8, 4) is 22.6 Å². The van der Waals surface area contributed by atoms with Crippen LogP contribution in [-0.2, 0) is 0 Å². The van der Waals surface area contributed by atoms with Crippen molar-refractivity contribution in [1.29, 1.82) is 0 Å². The standard InChI is InChI=1S/C14H16BrN3O2/c1-14(2)6-19-11-3-8(9-5-17-18-13(9)16)10(15)4-12(11)20-7-14/h3-5H,6-7H2,1-2H3,(H3,16,17,18). The monoisotopic (exact) mass is 337 g/mol. The van der Waals surface area contributed by atoms with Gasteiger partial charge in [0, 0.05) is 21.0 Å². The van der Waals surface area contributed by atoms with E-state index in [9.17, 15) is 0 Å². The summed E-state index contributed by atoms with van der Waals surface area (Å²) < 4.78 is 12.6. The van der Waals surface area contributed by atoms with Crippen LogP contribution in [-0.4, -0.2) is 23.4 Å². The third-order valence-corrected chi connectivity index (χ3v) is 3.89. The molecule has 1 aromatic carbocycles. The molecule has 0 spiro atoms. The predicted octanol–water partition coefficient (Wildman–Crippen LogP) is 3.22. The van der Waals surface area contributed by atoms with Gasteiger partial charge in [-0.3, -0.25) is 5.10 Å². The summed E-state index contributed by atoms with van der Waals surface area (Å²) in [5.41, 5.74) is 7.64. The highest BCUT2D eigenvalue weighted by Gasteiger charge is 2.26. The maximum atomic E-state index is 5.88. The van der Waals surface area contributed by atoms with Crippen molar-refractivity contribution in [2.45, 2.75) is 13.8 Å². The van der Waals surface area contributed by atoms with Crippen LogP contribution in [0.4, 0.5) is 5.82 Å². The summed E-state index contributed by atoms with van der Waals surface area (Å²) >= 11 is 3.55. The smallest absolute Gasteiger partial charge is 0.162 e. The lowest BCUT2D eigenvalue weighted by atomic mass is 9.97. The zero-order chi connectivity index (χ0) is 14.3. The summed E-state index contributed by atoms with van der Waals surface area (Å²) in [5, 5.41) is 6.68. The number of aromatic nitrogens is 2. The number of fused-ring (bicyclic) bond motifs is 1. The van der Waals surface area contributed by atoms with Crippen LogP contribution in [0.15, 0.2) is 22.8 Å². The molecule has 5 nitrogen and oxygen atoms in total. The zero-order valence-electron chi connectivity index (χ0n) is 11.4. The normalized spacial score (nSPS) is 16.8. The van der Waals surface area contributed by atoms with E-state index in [0.29, 0.717) is 19.0 Å². The summed E-state index contributed by atoms with van der Waals surface area (Å²) in [6.07, 6.45) is 1.70. The molecule has 2 aromatic rings. The van der Waals surface area contributed by atoms with E-state index < -0.39 is 0 Å². The quantitative estimate of drug-likeness (QED) is 0.837. The summed E-state index contributed by atoms with van der Waals surface area (Å²) in [4.78, 5) is 0. The van der Waals surface area contributed by atoms with E-state index in [2.05, 4.69) is 40.0 Å². The number of anilines is 1. The van der Waals surface area contributed by atoms with Gasteiger partial charge in [-0.2, -0.15) is 5.10 Å². The Kier molecular flexibility index (Phi) is 3.12. The van der Waals surface area contributed by atoms with Gasteiger partial charge in [0.15, 0.2) is 11.5 Å². The lowest BCUT2D eigenvalue weighted by Crippen LogP contribution is -2.26. The van der Waals surface area contributed by atoms with Gasteiger partial charge in [-0.1, -0.05) is 29.8 Å². The summed E-state index contributed by atoms with van der Waals surface area (Å²) in [7, 11) is 0. The second-order valence-electron chi connectivity index (χ2n) is 5.72. The van der Waals surface area contributed by atoms with Crippen LogP contribution in [0, 0.1) is 5.41 Å². The SMILES string of the molecule is CC1(C)COc2cc(Br)c(-c3cn[nH]c3N)cc2OC1. The Hall–Kier alpha value is -1.69. The fraction of sp³-hybridized carbons (Fsp3) is 0.357. The fourth-order valence-electron chi connectivity index (χ4n) is 2.07. The molecule has 0 atom stereocenters. The van der Waals surface area contributed by atoms with Gasteiger partial charge in [-0.15, -0.1) is 0 Å². The highest BCUT2D eigenvalue weighted by Crippen LogP contribution is 2.42. The molecule has 2 heterocycles. The number of nitrogens with one attached hydrogen (secondary N) is 1. The summed E-state index contributed by atoms with van der Waals surface area (Å²) in [6.45, 7) is 5.47. The van der Waals surface area contributed by atoms with Crippen molar-refractivity contribution < 1.29 is 9.47 Å². The third kappa shape index (κ3) is 2.35. The maximum Gasteiger partial charge on any atom is 0.162 e. The van der Waals surface area contributed by atoms with Gasteiger partial charge in [0.25, 0.3) is 0 Å². The highest BCUT2D eigenvalue weighted by atomic mass is 79.9. The number of halogens is 1. The number of ether oxygens (including phenoxy) is 2. The van der Waals surface area contributed by atoms with Crippen LogP contribution in [0.1, 0.15) is 13.8 Å². The van der Waals surface area contributed by atoms with E-state index in [0.717, 1.165) is 27.1 Å². The molecule has 0 saturated heterocycles. The minimum atomic E-state index is -0.0136. The molecule has 20 heavy (non-hydrogen) atoms. The van der Waals surface area contributed by atoms with E-state index in [1.165, 1.54) is 0 Å². The van der Waals surface area contributed by atoms with Crippen LogP contribution in [0.5, 0.6) is 11.5 Å². The molecule has 0 radical (unpaired) electrons. The van der Waals surface area contributed by atoms with Crippen molar-refractivity contribution >= 4 is 21.7 Å². The lowest BCUT2D eigenvalue weighted by Gasteiger charge is -2.19. The Bertz CT molecular complexity index is 652. The van der Waals surface area contributed by atoms with Gasteiger partial charge >= 0.3 is 0 Å². The van der Waals surface area contributed by atoms with E-state index in [-0.39, 0.29) is 5.41 Å². The molecule has 0 bridgehead atoms. The van der Waals surface area contributed by atoms with Gasteiger partial charge in [0.1, 0.15) is 5.82 Å². The number of aromatic amines is 1. The first-order valence-electron chi connectivity index (χ1n) is 6.35. The Balaban J connectivity index is 2.05. The molecule has 1 aliphatic heterocycles. The van der Waals surface area contributed by atoms with Gasteiger partial charge in [-0.25, -0.2) is 0 Å². The van der Waals surface area contributed by atoms with Crippen molar-refractivity contribution in [2.75, 3.05) is 18.9 Å². The van der Waals surface area contributed by atoms with Crippen molar-refractivity contribution in [1.82, 2.24) is 10.2 Å². The van der Waals surface area contributed by atoms with Crippen LogP contribution in [0.25, 0.3) is 11.1 Å². The minimum Gasteiger partial charge on any atom is -0.489 e. The maximum absolute atomic E-state index is 5.88. The highest BCUT2D eigenvalue weighted by molar-refractivity contribution is 9.10. The van der Waals surface area contributed by atoms with Crippen LogP contribution < -0.4 is 15.2 Å². The molecular formula is C14H16BrN3O2. The average Bonchev–Trinajstić information content (AvgIpc) is 2.75. The number of rotatable bonds is 1. The fourth-order valence-corrected chi connectivity index (χ4v) is 2.60. The van der Waals surface area contributed by atoms with E-state index in [1.54, 1.807) is 6.20 Å². The zero-order valence-corrected chi connectivity index (χ0v) is 13.0. The molecule has 106 valence electrons. The first-order chi connectivity index (χ1) is 9.46. The molecule has 0 fully saturated rings. The molecule has 0 saturated carbocycles. The second-order valence-corrected chi connectivity index (χ2v) is 6.57. The van der Waals surface area contributed by atoms with Crippen molar-refractivity contribution in [3.05, 3.63) is 22.8 Å². The number of hydrogen-bond donors (Lipinski definition) is 2. The van der Waals surface area contributed by atoms with Crippen molar-refractivity contribution in [2.24, 2.45) is 5.41 Å². The third-order valence-electron chi connectivity index (χ3n) is 3.23. The second kappa shape index (κ2) is 4.70. The van der Waals surface area contributed by atoms with E-state index >= 15 is 0 Å². The largest absolute Gasteiger partial charge is 0.489 e. The Morgan fingerprint density at radius 3 is 2.45 bits per heavy atom.